The van der Waals surface area contributed by atoms with Crippen molar-refractivity contribution in [2.24, 2.45) is 0 Å². The number of rotatable bonds is 4. The van der Waals surface area contributed by atoms with Crippen LogP contribution in [0.2, 0.25) is 0 Å². The number of methoxy groups -OCH3 is 1. The minimum atomic E-state index is 0.695. The van der Waals surface area contributed by atoms with Crippen molar-refractivity contribution in [3.05, 3.63) is 35.4 Å². The zero-order valence-electron chi connectivity index (χ0n) is 11.5. The van der Waals surface area contributed by atoms with Gasteiger partial charge in [0.15, 0.2) is 0 Å². The van der Waals surface area contributed by atoms with Crippen molar-refractivity contribution >= 4 is 0 Å². The van der Waals surface area contributed by atoms with E-state index in [9.17, 15) is 0 Å². The quantitative estimate of drug-likeness (QED) is 0.609. The molecule has 0 spiro atoms. The molecule has 3 heteroatoms. The van der Waals surface area contributed by atoms with E-state index in [2.05, 4.69) is 41.0 Å². The van der Waals surface area contributed by atoms with Gasteiger partial charge in [-0.1, -0.05) is 24.0 Å². The van der Waals surface area contributed by atoms with Crippen LogP contribution in [-0.4, -0.2) is 44.9 Å². The van der Waals surface area contributed by atoms with E-state index in [1.165, 1.54) is 5.56 Å². The Balaban J connectivity index is 1.91. The van der Waals surface area contributed by atoms with Crippen LogP contribution >= 0.6 is 0 Å². The molecular weight excluding hydrogens is 238 g/mol. The summed E-state index contributed by atoms with van der Waals surface area (Å²) in [4.78, 5) is 2.42. The normalized spacial score (nSPS) is 15.8. The largest absolute Gasteiger partial charge is 0.384 e. The molecule has 0 aromatic heterocycles. The van der Waals surface area contributed by atoms with Crippen molar-refractivity contribution < 1.29 is 9.47 Å². The number of morpholine rings is 1. The topological polar surface area (TPSA) is 21.7 Å². The van der Waals surface area contributed by atoms with Gasteiger partial charge in [0, 0.05) is 38.7 Å². The van der Waals surface area contributed by atoms with Gasteiger partial charge in [0.05, 0.1) is 19.8 Å². The lowest BCUT2D eigenvalue weighted by Crippen LogP contribution is -2.35. The average molecular weight is 259 g/mol. The van der Waals surface area contributed by atoms with E-state index in [1.807, 2.05) is 0 Å². The molecule has 1 aromatic rings. The van der Waals surface area contributed by atoms with Crippen molar-refractivity contribution in [2.75, 3.05) is 40.0 Å². The molecule has 19 heavy (non-hydrogen) atoms. The van der Waals surface area contributed by atoms with Gasteiger partial charge in [-0.15, -0.1) is 0 Å². The molecule has 1 aromatic carbocycles. The number of ether oxygens (including phenoxy) is 2. The third kappa shape index (κ3) is 5.04. The fourth-order valence-corrected chi connectivity index (χ4v) is 2.08. The molecule has 0 unspecified atom stereocenters. The van der Waals surface area contributed by atoms with Crippen LogP contribution in [0.3, 0.4) is 0 Å². The first-order chi connectivity index (χ1) is 9.38. The highest BCUT2D eigenvalue weighted by atomic mass is 16.5. The fraction of sp³-hybridized carbons (Fsp3) is 0.500. The molecule has 0 bridgehead atoms. The van der Waals surface area contributed by atoms with Crippen molar-refractivity contribution in [1.29, 1.82) is 0 Å². The van der Waals surface area contributed by atoms with E-state index in [0.717, 1.165) is 44.8 Å². The molecule has 0 N–H and O–H groups in total. The van der Waals surface area contributed by atoms with E-state index in [0.29, 0.717) is 6.61 Å². The first-order valence-corrected chi connectivity index (χ1v) is 6.75. The number of nitrogens with zero attached hydrogens (tertiary/aromatic N) is 1. The van der Waals surface area contributed by atoms with Crippen LogP contribution in [0.15, 0.2) is 24.3 Å². The molecule has 0 radical (unpaired) electrons. The zero-order chi connectivity index (χ0) is 13.3. The number of benzene rings is 1. The molecule has 1 saturated heterocycles. The van der Waals surface area contributed by atoms with E-state index in [1.54, 1.807) is 7.11 Å². The Bertz CT molecular complexity index is 442. The third-order valence-electron chi connectivity index (χ3n) is 3.10. The summed E-state index contributed by atoms with van der Waals surface area (Å²) in [6.45, 7) is 5.40. The Morgan fingerprint density at radius 3 is 2.95 bits per heavy atom. The van der Waals surface area contributed by atoms with Gasteiger partial charge < -0.3 is 9.47 Å². The zero-order valence-corrected chi connectivity index (χ0v) is 11.5. The lowest BCUT2D eigenvalue weighted by Gasteiger charge is -2.26. The molecule has 0 atom stereocenters. The molecule has 1 heterocycles. The Labute approximate surface area is 115 Å². The second-order valence-electron chi connectivity index (χ2n) is 4.63. The van der Waals surface area contributed by atoms with Gasteiger partial charge in [0.1, 0.15) is 0 Å². The molecule has 1 fully saturated rings. The Morgan fingerprint density at radius 1 is 1.32 bits per heavy atom. The predicted molar refractivity (Wildman–Crippen MR) is 75.9 cm³/mol. The monoisotopic (exact) mass is 259 g/mol. The Kier molecular flexibility index (Phi) is 5.90. The Morgan fingerprint density at radius 2 is 2.16 bits per heavy atom. The summed E-state index contributed by atoms with van der Waals surface area (Å²) in [6, 6.07) is 8.48. The second-order valence-corrected chi connectivity index (χ2v) is 4.63. The second kappa shape index (κ2) is 7.96. The maximum Gasteiger partial charge on any atom is 0.0594 e. The van der Waals surface area contributed by atoms with Crippen molar-refractivity contribution in [2.45, 2.75) is 13.0 Å². The smallest absolute Gasteiger partial charge is 0.0594 e. The van der Waals surface area contributed by atoms with E-state index >= 15 is 0 Å². The molecule has 102 valence electrons. The highest BCUT2D eigenvalue weighted by molar-refractivity contribution is 5.37. The van der Waals surface area contributed by atoms with Crippen LogP contribution in [0.1, 0.15) is 17.5 Å². The number of hydrogen-bond donors (Lipinski definition) is 0. The summed E-state index contributed by atoms with van der Waals surface area (Å²) >= 11 is 0. The Hall–Kier alpha value is -1.34. The van der Waals surface area contributed by atoms with E-state index in [-0.39, 0.29) is 0 Å². The van der Waals surface area contributed by atoms with Crippen molar-refractivity contribution in [1.82, 2.24) is 4.90 Å². The summed E-state index contributed by atoms with van der Waals surface area (Å²) in [5.41, 5.74) is 2.40. The molecule has 0 saturated carbocycles. The van der Waals surface area contributed by atoms with Gasteiger partial charge in [0.25, 0.3) is 0 Å². The highest BCUT2D eigenvalue weighted by Crippen LogP contribution is 2.09. The molecule has 1 aliphatic heterocycles. The maximum atomic E-state index is 5.36. The van der Waals surface area contributed by atoms with Crippen LogP contribution in [0, 0.1) is 11.8 Å². The van der Waals surface area contributed by atoms with Crippen molar-refractivity contribution in [3.63, 3.8) is 0 Å². The molecular formula is C16H21NO2. The van der Waals surface area contributed by atoms with E-state index in [4.69, 9.17) is 9.47 Å². The first kappa shape index (κ1) is 14.1. The van der Waals surface area contributed by atoms with Gasteiger partial charge >= 0.3 is 0 Å². The van der Waals surface area contributed by atoms with Crippen LogP contribution in [-0.2, 0) is 16.0 Å². The van der Waals surface area contributed by atoms with Gasteiger partial charge in [-0.2, -0.15) is 0 Å². The predicted octanol–water partition coefficient (Wildman–Crippen LogP) is 1.91. The molecule has 1 aliphatic rings. The minimum absolute atomic E-state index is 0.695. The van der Waals surface area contributed by atoms with Gasteiger partial charge in [-0.25, -0.2) is 0 Å². The van der Waals surface area contributed by atoms with Gasteiger partial charge in [-0.05, 0) is 17.7 Å². The van der Waals surface area contributed by atoms with Gasteiger partial charge in [0.2, 0.25) is 0 Å². The lowest BCUT2D eigenvalue weighted by molar-refractivity contribution is 0.0342. The van der Waals surface area contributed by atoms with E-state index < -0.39 is 0 Å². The third-order valence-corrected chi connectivity index (χ3v) is 3.10. The maximum absolute atomic E-state index is 5.36. The first-order valence-electron chi connectivity index (χ1n) is 6.75. The van der Waals surface area contributed by atoms with Crippen LogP contribution in [0.5, 0.6) is 0 Å². The number of hydrogen-bond acceptors (Lipinski definition) is 3. The SMILES string of the molecule is COCCC#Cc1cccc(CN2CCOCC2)c1. The highest BCUT2D eigenvalue weighted by Gasteiger charge is 2.10. The fourth-order valence-electron chi connectivity index (χ4n) is 2.08. The van der Waals surface area contributed by atoms with Crippen LogP contribution < -0.4 is 0 Å². The molecule has 2 rings (SSSR count). The molecule has 0 amide bonds. The standard InChI is InChI=1S/C16H21NO2/c1-18-10-3-2-5-15-6-4-7-16(13-15)14-17-8-11-19-12-9-17/h4,6-7,13H,3,8-12,14H2,1H3. The minimum Gasteiger partial charge on any atom is -0.384 e. The summed E-state index contributed by atoms with van der Waals surface area (Å²) < 4.78 is 10.3. The molecule has 3 nitrogen and oxygen atoms in total. The lowest BCUT2D eigenvalue weighted by atomic mass is 10.1. The van der Waals surface area contributed by atoms with Crippen molar-refractivity contribution in [3.8, 4) is 11.8 Å². The summed E-state index contributed by atoms with van der Waals surface area (Å²) in [6.07, 6.45) is 0.782. The summed E-state index contributed by atoms with van der Waals surface area (Å²) in [5, 5.41) is 0. The molecule has 0 aliphatic carbocycles. The average Bonchev–Trinajstić information content (AvgIpc) is 2.45. The van der Waals surface area contributed by atoms with Gasteiger partial charge in [-0.3, -0.25) is 4.90 Å². The van der Waals surface area contributed by atoms with Crippen LogP contribution in [0.25, 0.3) is 0 Å². The summed E-state index contributed by atoms with van der Waals surface area (Å²) in [5.74, 6) is 6.31. The van der Waals surface area contributed by atoms with Crippen LogP contribution in [0.4, 0.5) is 0 Å². The summed E-state index contributed by atoms with van der Waals surface area (Å²) in [7, 11) is 1.70.